The van der Waals surface area contributed by atoms with Gasteiger partial charge in [0.25, 0.3) is 0 Å². The molecule has 2 heteroatoms. The molecule has 1 aliphatic rings. The van der Waals surface area contributed by atoms with E-state index in [1.54, 1.807) is 0 Å². The molecule has 86 valence electrons. The zero-order valence-corrected chi connectivity index (χ0v) is 9.92. The molecule has 0 saturated heterocycles. The molecule has 0 aromatic carbocycles. The normalized spacial score (nSPS) is 24.7. The summed E-state index contributed by atoms with van der Waals surface area (Å²) in [6, 6.07) is 0. The molecule has 1 aliphatic carbocycles. The van der Waals surface area contributed by atoms with Gasteiger partial charge in [-0.05, 0) is 32.1 Å². The van der Waals surface area contributed by atoms with Gasteiger partial charge in [-0.15, -0.1) is 0 Å². The first-order valence-electron chi connectivity index (χ1n) is 5.95. The molecule has 15 heavy (non-hydrogen) atoms. The molecule has 2 nitrogen and oxygen atoms in total. The average molecular weight is 210 g/mol. The summed E-state index contributed by atoms with van der Waals surface area (Å²) < 4.78 is 5.46. The molecular formula is C13H22O2. The number of hydrogen-bond donors (Lipinski definition) is 0. The van der Waals surface area contributed by atoms with Gasteiger partial charge in [0.05, 0.1) is 6.10 Å². The van der Waals surface area contributed by atoms with E-state index in [1.165, 1.54) is 0 Å². The summed E-state index contributed by atoms with van der Waals surface area (Å²) in [5.41, 5.74) is 1.06. The molecule has 1 saturated carbocycles. The Morgan fingerprint density at radius 2 is 2.07 bits per heavy atom. The Balaban J connectivity index is 2.11. The molecule has 0 aromatic rings. The minimum absolute atomic E-state index is 0.349. The van der Waals surface area contributed by atoms with Crippen LogP contribution in [0.15, 0.2) is 12.2 Å². The van der Waals surface area contributed by atoms with Crippen LogP contribution in [0.3, 0.4) is 0 Å². The van der Waals surface area contributed by atoms with Gasteiger partial charge in [-0.2, -0.15) is 0 Å². The molecule has 1 rings (SSSR count). The van der Waals surface area contributed by atoms with E-state index in [4.69, 9.17) is 4.74 Å². The van der Waals surface area contributed by atoms with Crippen LogP contribution >= 0.6 is 0 Å². The first-order valence-corrected chi connectivity index (χ1v) is 5.95. The van der Waals surface area contributed by atoms with Crippen LogP contribution in [0.2, 0.25) is 0 Å². The summed E-state index contributed by atoms with van der Waals surface area (Å²) in [6.07, 6.45) is 4.77. The Hall–Kier alpha value is -0.630. The lowest BCUT2D eigenvalue weighted by molar-refractivity contribution is -0.121. The van der Waals surface area contributed by atoms with Crippen molar-refractivity contribution in [3.05, 3.63) is 12.2 Å². The lowest BCUT2D eigenvalue weighted by Crippen LogP contribution is -2.32. The maximum atomic E-state index is 11.6. The van der Waals surface area contributed by atoms with Crippen molar-refractivity contribution in [3.63, 3.8) is 0 Å². The van der Waals surface area contributed by atoms with Crippen LogP contribution in [0.1, 0.15) is 46.0 Å². The van der Waals surface area contributed by atoms with Crippen LogP contribution in [0.5, 0.6) is 0 Å². The van der Waals surface area contributed by atoms with Gasteiger partial charge in [0.2, 0.25) is 0 Å². The summed E-state index contributed by atoms with van der Waals surface area (Å²) in [6.45, 7) is 8.72. The molecule has 0 aliphatic heterocycles. The van der Waals surface area contributed by atoms with E-state index >= 15 is 0 Å². The quantitative estimate of drug-likeness (QED) is 0.603. The number of allylic oxidation sites excluding steroid dienone is 1. The Morgan fingerprint density at radius 1 is 1.40 bits per heavy atom. The van der Waals surface area contributed by atoms with Crippen LogP contribution in [0.25, 0.3) is 0 Å². The van der Waals surface area contributed by atoms with Crippen molar-refractivity contribution in [2.45, 2.75) is 52.1 Å². The highest BCUT2D eigenvalue weighted by atomic mass is 16.5. The summed E-state index contributed by atoms with van der Waals surface area (Å²) in [4.78, 5) is 11.6. The van der Waals surface area contributed by atoms with Crippen molar-refractivity contribution in [2.24, 2.45) is 5.92 Å². The number of ketones is 1. The van der Waals surface area contributed by atoms with Crippen LogP contribution in [-0.2, 0) is 9.53 Å². The number of Topliss-reactive ketones (excluding diaryl/α,β-unsaturated/α-hetero) is 1. The lowest BCUT2D eigenvalue weighted by atomic mass is 9.78. The first kappa shape index (κ1) is 12.4. The third kappa shape index (κ3) is 4.17. The molecule has 0 unspecified atom stereocenters. The van der Waals surface area contributed by atoms with E-state index < -0.39 is 0 Å². The van der Waals surface area contributed by atoms with E-state index in [1.807, 2.05) is 13.8 Å². The van der Waals surface area contributed by atoms with Gasteiger partial charge < -0.3 is 4.74 Å². The van der Waals surface area contributed by atoms with Crippen molar-refractivity contribution in [1.82, 2.24) is 0 Å². The van der Waals surface area contributed by atoms with Crippen molar-refractivity contribution < 1.29 is 9.53 Å². The van der Waals surface area contributed by atoms with E-state index in [-0.39, 0.29) is 0 Å². The Kier molecular flexibility index (Phi) is 5.03. The average Bonchev–Trinajstić information content (AvgIpc) is 2.14. The first-order chi connectivity index (χ1) is 7.15. The minimum Gasteiger partial charge on any atom is -0.378 e. The van der Waals surface area contributed by atoms with Gasteiger partial charge in [0, 0.05) is 19.4 Å². The molecule has 0 amide bonds. The Labute approximate surface area is 92.7 Å². The second-order valence-electron chi connectivity index (χ2n) is 4.44. The number of carbonyl (C=O) groups is 1. The maximum absolute atomic E-state index is 11.6. The van der Waals surface area contributed by atoms with Crippen LogP contribution in [0.4, 0.5) is 0 Å². The third-order valence-corrected chi connectivity index (χ3v) is 3.06. The van der Waals surface area contributed by atoms with Crippen molar-refractivity contribution in [3.8, 4) is 0 Å². The maximum Gasteiger partial charge on any atom is 0.137 e. The zero-order chi connectivity index (χ0) is 11.3. The minimum atomic E-state index is 0.349. The summed E-state index contributed by atoms with van der Waals surface area (Å²) >= 11 is 0. The topological polar surface area (TPSA) is 26.3 Å². The highest BCUT2D eigenvalue weighted by Crippen LogP contribution is 2.33. The summed E-state index contributed by atoms with van der Waals surface area (Å²) in [5, 5.41) is 0. The zero-order valence-electron chi connectivity index (χ0n) is 9.92. The molecule has 0 spiro atoms. The Morgan fingerprint density at radius 3 is 2.60 bits per heavy atom. The van der Waals surface area contributed by atoms with Gasteiger partial charge in [0.1, 0.15) is 5.78 Å². The number of ether oxygens (including phenoxy) is 1. The smallest absolute Gasteiger partial charge is 0.137 e. The summed E-state index contributed by atoms with van der Waals surface area (Å²) in [5.74, 6) is 0.917. The number of carbonyl (C=O) groups excluding carboxylic acids is 1. The molecule has 0 N–H and O–H groups in total. The highest BCUT2D eigenvalue weighted by Gasteiger charge is 2.30. The van der Waals surface area contributed by atoms with Gasteiger partial charge in [-0.25, -0.2) is 0 Å². The highest BCUT2D eigenvalue weighted by molar-refractivity contribution is 5.81. The fourth-order valence-corrected chi connectivity index (χ4v) is 2.01. The number of hydrogen-bond acceptors (Lipinski definition) is 2. The van der Waals surface area contributed by atoms with Crippen LogP contribution in [-0.4, -0.2) is 18.5 Å². The van der Waals surface area contributed by atoms with Gasteiger partial charge >= 0.3 is 0 Å². The van der Waals surface area contributed by atoms with Crippen LogP contribution < -0.4 is 0 Å². The van der Waals surface area contributed by atoms with E-state index in [9.17, 15) is 4.79 Å². The van der Waals surface area contributed by atoms with E-state index in [2.05, 4.69) is 6.58 Å². The molecule has 0 atom stereocenters. The van der Waals surface area contributed by atoms with E-state index in [0.717, 1.165) is 37.9 Å². The second kappa shape index (κ2) is 6.06. The fraction of sp³-hybridized carbons (Fsp3) is 0.769. The molecule has 0 aromatic heterocycles. The molecule has 0 heterocycles. The molecule has 0 bridgehead atoms. The second-order valence-corrected chi connectivity index (χ2v) is 4.44. The molecular weight excluding hydrogens is 188 g/mol. The van der Waals surface area contributed by atoms with Crippen molar-refractivity contribution in [2.75, 3.05) is 6.61 Å². The molecule has 0 radical (unpaired) electrons. The monoisotopic (exact) mass is 210 g/mol. The van der Waals surface area contributed by atoms with E-state index in [0.29, 0.717) is 24.2 Å². The fourth-order valence-electron chi connectivity index (χ4n) is 2.01. The van der Waals surface area contributed by atoms with Crippen molar-refractivity contribution in [1.29, 1.82) is 0 Å². The predicted octanol–water partition coefficient (Wildman–Crippen LogP) is 3.12. The molecule has 1 fully saturated rings. The summed E-state index contributed by atoms with van der Waals surface area (Å²) in [7, 11) is 0. The van der Waals surface area contributed by atoms with Gasteiger partial charge in [-0.1, -0.05) is 19.1 Å². The number of rotatable bonds is 7. The van der Waals surface area contributed by atoms with Crippen LogP contribution in [0, 0.1) is 5.92 Å². The standard InChI is InChI=1S/C13H22O2/c1-4-10(3)6-12(14)7-11-8-13(9-11)15-5-2/h11,13H,3-9H2,1-2H3. The largest absolute Gasteiger partial charge is 0.378 e. The third-order valence-electron chi connectivity index (χ3n) is 3.06. The van der Waals surface area contributed by atoms with Gasteiger partial charge in [-0.3, -0.25) is 4.79 Å². The SMILES string of the molecule is C=C(CC)CC(=O)CC1CC(OCC)C1. The Bertz CT molecular complexity index is 227. The lowest BCUT2D eigenvalue weighted by Gasteiger charge is -2.34. The predicted molar refractivity (Wildman–Crippen MR) is 61.8 cm³/mol. The van der Waals surface area contributed by atoms with Gasteiger partial charge in [0.15, 0.2) is 0 Å². The van der Waals surface area contributed by atoms with Crippen molar-refractivity contribution >= 4 is 5.78 Å².